The average Bonchev–Trinajstić information content (AvgIpc) is 0.802. The molecule has 0 aromatic heterocycles. The van der Waals surface area contributed by atoms with E-state index in [1.54, 1.807) is 65.4 Å². The molecule has 9 rings (SSSR count). The van der Waals surface area contributed by atoms with Gasteiger partial charge in [-0.3, -0.25) is 38.4 Å². The van der Waals surface area contributed by atoms with Crippen LogP contribution in [0.25, 0.3) is 0 Å². The number of ether oxygens (including phenoxy) is 11. The van der Waals surface area contributed by atoms with Gasteiger partial charge in [-0.15, -0.1) is 11.6 Å². The van der Waals surface area contributed by atoms with E-state index < -0.39 is 27.0 Å². The fourth-order valence-electron chi connectivity index (χ4n) is 10.4. The van der Waals surface area contributed by atoms with E-state index in [9.17, 15) is 71.4 Å². The Morgan fingerprint density at radius 3 is 1.04 bits per heavy atom. The number of carboxylic acids is 1. The van der Waals surface area contributed by atoms with Gasteiger partial charge in [0, 0.05) is 77.3 Å². The number of carbonyl (C=O) groups is 11. The van der Waals surface area contributed by atoms with E-state index in [1.165, 1.54) is 116 Å². The number of aromatic hydroxyl groups is 3. The van der Waals surface area contributed by atoms with Crippen LogP contribution in [0.1, 0.15) is 172 Å². The minimum atomic E-state index is -3.19. The van der Waals surface area contributed by atoms with Crippen LogP contribution in [0, 0.1) is 0 Å². The Balaban J connectivity index is -0.00000130. The van der Waals surface area contributed by atoms with Crippen molar-refractivity contribution < 1.29 is 144 Å². The number of rotatable bonds is 27. The van der Waals surface area contributed by atoms with Gasteiger partial charge in [0.15, 0.2) is 64.9 Å². The van der Waals surface area contributed by atoms with Crippen LogP contribution in [0.5, 0.6) is 40.2 Å². The Morgan fingerprint density at radius 2 is 0.746 bits per heavy atom. The fraction of sp³-hybridized carbons (Fsp3) is 0.397. The van der Waals surface area contributed by atoms with Crippen molar-refractivity contribution in [2.24, 2.45) is 0 Å². The van der Waals surface area contributed by atoms with Crippen molar-refractivity contribution >= 4 is 151 Å². The molecule has 0 saturated carbocycles. The van der Waals surface area contributed by atoms with Crippen molar-refractivity contribution in [2.75, 3.05) is 128 Å². The maximum atomic E-state index is 12.8. The smallest absolute Gasteiger partial charge is 0.338 e. The summed E-state index contributed by atoms with van der Waals surface area (Å²) in [6.07, 6.45) is 13.3. The highest BCUT2D eigenvalue weighted by Crippen LogP contribution is 2.30. The molecule has 656 valence electrons. The van der Waals surface area contributed by atoms with Crippen LogP contribution in [-0.2, 0) is 42.2 Å². The highest BCUT2D eigenvalue weighted by molar-refractivity contribution is 8.13. The van der Waals surface area contributed by atoms with Crippen molar-refractivity contribution in [3.8, 4) is 40.2 Å². The largest absolute Gasteiger partial charge is 0.507 e. The summed E-state index contributed by atoms with van der Waals surface area (Å²) >= 11 is 10.9. The number of likely N-dealkylation sites (tertiary alicyclic amines) is 2. The fourth-order valence-corrected chi connectivity index (χ4v) is 10.7. The molecule has 3 aliphatic heterocycles. The Hall–Kier alpha value is -9.16. The van der Waals surface area contributed by atoms with Gasteiger partial charge in [0.2, 0.25) is 9.05 Å². The lowest BCUT2D eigenvalue weighted by atomic mass is 9.99. The number of piperidine rings is 3. The SMILES string of the molecule is COC(=O)c1cccc(O)c1C=O.COCCl.COCOc1cccc(C(=O)N2CCCC[C@H]2CCl)c1C=O.COCOc1cccc(C(=O)N2CCCC[C@H]2CO)c1C=O.COCOc1cccc(C(=O)O)c1C=O.COCOc1cccc(C(=O)OC)c1C=O.CS(=O)(=O)Cl.O=Cc1c(O)cccc1O.OCC1CCCCN1.S.S.S. The molecule has 33 nitrogen and oxygen atoms in total. The average molecular weight is 1800 g/mol. The third kappa shape index (κ3) is 40.5. The van der Waals surface area contributed by atoms with Gasteiger partial charge in [0.25, 0.3) is 11.8 Å². The third-order valence-corrected chi connectivity index (χ3v) is 16.4. The normalized spacial score (nSPS) is 13.9. The molecule has 0 spiro atoms. The number of alkyl halides is 2. The summed E-state index contributed by atoms with van der Waals surface area (Å²) in [6, 6.07) is 27.8. The van der Waals surface area contributed by atoms with Crippen LogP contribution in [0.15, 0.2) is 109 Å². The molecule has 3 aliphatic rings. The molecule has 3 atom stereocenters. The van der Waals surface area contributed by atoms with E-state index in [4.69, 9.17) is 76.8 Å². The molecule has 2 amide bonds. The maximum absolute atomic E-state index is 12.8. The van der Waals surface area contributed by atoms with Gasteiger partial charge in [-0.05, 0) is 131 Å². The zero-order valence-electron chi connectivity index (χ0n) is 66.1. The molecule has 0 radical (unpaired) electrons. The number of nitrogens with one attached hydrogen (secondary N) is 1. The van der Waals surface area contributed by atoms with Crippen molar-refractivity contribution in [3.63, 3.8) is 0 Å². The minimum Gasteiger partial charge on any atom is -0.507 e. The number of methoxy groups -OCH3 is 7. The molecule has 3 saturated heterocycles. The highest BCUT2D eigenvalue weighted by Gasteiger charge is 2.31. The van der Waals surface area contributed by atoms with E-state index in [1.807, 2.05) is 0 Å². The van der Waals surface area contributed by atoms with Crippen molar-refractivity contribution in [1.29, 1.82) is 0 Å². The van der Waals surface area contributed by atoms with Crippen molar-refractivity contribution in [1.82, 2.24) is 15.1 Å². The number of amides is 2. The number of carbonyl (C=O) groups excluding carboxylic acids is 10. The first kappa shape index (κ1) is 113. The second-order valence-electron chi connectivity index (χ2n) is 23.6. The number of esters is 2. The summed E-state index contributed by atoms with van der Waals surface area (Å²) in [5.74, 6) is -1.86. The van der Waals surface area contributed by atoms with Gasteiger partial charge in [-0.2, -0.15) is 40.5 Å². The van der Waals surface area contributed by atoms with Gasteiger partial charge in [0.1, 0.15) is 46.3 Å². The molecule has 0 bridgehead atoms. The molecule has 1 unspecified atom stereocenters. The number of benzene rings is 6. The second kappa shape index (κ2) is 65.7. The lowest BCUT2D eigenvalue weighted by molar-refractivity contribution is 0.0476. The standard InChI is InChI=1S/C16H20ClNO4.C16H21NO5.C11H12O5.C10H10O5.C9H8O4.C7H6O3.C6H13NO.C2H5ClO.CH3ClO2S.3H2S/c1-21-11-22-15-7-4-6-13(14(15)10-19)16(20)18-8-3-2-5-12(18)9-17;1-21-11-22-15-7-4-6-13(14(15)10-19)16(20)17-8-3-2-5-12(17)9-18;1-14-7-16-10-5-3-4-8(9(10)6-12)11(13)15-2;1-14-6-15-9-4-2-3-7(10(12)13)8(9)5-11;1-13-9(12)6-3-2-4-8(11)7(6)5-10;8-4-5-6(9)2-1-3-7(5)10;8-5-6-3-1-2-4-7-6;1-4-2-3;1-5(2,3)4;;;/h4,6-7,10,12H,2-3,5,8-9,11H2,1H3;4,6-7,10,12,18H,2-3,5,8-9,11H2,1H3;3-6H,7H2,1-2H3;2-5H,6H2,1H3,(H,12,13);2-5,11H,1H3;1-4,9-10H;6-8H,1-5H2;2H2,1H3;1H3;3*1H2/t2*12-;;;;;;;;;;/m00........../s1. The number of halogens is 3. The number of phenols is 3. The summed E-state index contributed by atoms with van der Waals surface area (Å²) in [6.45, 7) is 2.57. The first-order valence-corrected chi connectivity index (χ1v) is 38.5. The van der Waals surface area contributed by atoms with Crippen LogP contribution in [0.3, 0.4) is 0 Å². The maximum Gasteiger partial charge on any atom is 0.338 e. The summed E-state index contributed by atoms with van der Waals surface area (Å²) in [5.41, 5.74) is 1.33. The van der Waals surface area contributed by atoms with Gasteiger partial charge < -0.3 is 97.9 Å². The molecule has 3 heterocycles. The number of hydrogen-bond acceptors (Lipinski definition) is 30. The zero-order valence-corrected chi connectivity index (χ0v) is 72.2. The summed E-state index contributed by atoms with van der Waals surface area (Å²) in [5, 5.41) is 57.1. The lowest BCUT2D eigenvalue weighted by Crippen LogP contribution is -2.45. The summed E-state index contributed by atoms with van der Waals surface area (Å²) in [7, 11) is 11.2. The van der Waals surface area contributed by atoms with Crippen LogP contribution in [-0.4, -0.2) is 262 Å². The predicted octanol–water partition coefficient (Wildman–Crippen LogP) is 10.0. The molecule has 7 N–H and O–H groups in total. The summed E-state index contributed by atoms with van der Waals surface area (Å²) < 4.78 is 72.0. The molecule has 40 heteroatoms. The highest BCUT2D eigenvalue weighted by atomic mass is 35.7. The quantitative estimate of drug-likeness (QED) is 0.00828. The Morgan fingerprint density at radius 1 is 0.441 bits per heavy atom. The van der Waals surface area contributed by atoms with Crippen LogP contribution in [0.2, 0.25) is 0 Å². The minimum absolute atomic E-state index is 0. The van der Waals surface area contributed by atoms with E-state index in [2.05, 4.69) is 34.9 Å². The Kier molecular flexibility index (Phi) is 62.9. The molecule has 6 aromatic carbocycles. The Labute approximate surface area is 720 Å². The number of aromatic carboxylic acids is 1. The molecule has 3 fully saturated rings. The van der Waals surface area contributed by atoms with E-state index in [0.717, 1.165) is 57.7 Å². The van der Waals surface area contributed by atoms with E-state index in [-0.39, 0.29) is 171 Å². The number of aliphatic hydroxyl groups is 2. The number of carboxylic acid groups (broad SMARTS) is 1. The van der Waals surface area contributed by atoms with Crippen molar-refractivity contribution in [3.05, 3.63) is 170 Å². The third-order valence-electron chi connectivity index (χ3n) is 15.9. The van der Waals surface area contributed by atoms with Gasteiger partial charge in [0.05, 0.1) is 101 Å². The van der Waals surface area contributed by atoms with Crippen LogP contribution >= 0.6 is 74.4 Å². The number of aliphatic hydroxyl groups excluding tert-OH is 2. The molecule has 6 aromatic rings. The zero-order chi connectivity index (χ0) is 86.3. The van der Waals surface area contributed by atoms with E-state index in [0.29, 0.717) is 104 Å². The van der Waals surface area contributed by atoms with Gasteiger partial charge in [-0.1, -0.05) is 54.4 Å². The van der Waals surface area contributed by atoms with Crippen LogP contribution in [0.4, 0.5) is 0 Å². The molecule has 0 aliphatic carbocycles. The molecular weight excluding hydrogens is 1690 g/mol. The van der Waals surface area contributed by atoms with Gasteiger partial charge >= 0.3 is 17.9 Å². The topological polar surface area (TPSA) is 463 Å². The second-order valence-corrected chi connectivity index (χ2v) is 27.1. The van der Waals surface area contributed by atoms with Crippen molar-refractivity contribution in [2.45, 2.75) is 75.9 Å². The summed E-state index contributed by atoms with van der Waals surface area (Å²) in [4.78, 5) is 127. The lowest BCUT2D eigenvalue weighted by Gasteiger charge is -2.35. The van der Waals surface area contributed by atoms with Crippen LogP contribution < -0.4 is 24.3 Å². The number of nitrogens with zero attached hydrogens (tertiary/aromatic N) is 2. The number of phenolic OH excluding ortho intramolecular Hbond substituents is 3. The van der Waals surface area contributed by atoms with E-state index >= 15 is 0 Å². The monoisotopic (exact) mass is 1800 g/mol. The van der Waals surface area contributed by atoms with Gasteiger partial charge in [-0.25, -0.2) is 22.8 Å². The Bertz CT molecular complexity index is 4000. The molecular formula is C78H104Cl3N3O30S4. The molecule has 118 heavy (non-hydrogen) atoms. The number of hydrogen-bond donors (Lipinski definition) is 7. The number of aldehydes is 6. The predicted molar refractivity (Wildman–Crippen MR) is 453 cm³/mol. The first-order chi connectivity index (χ1) is 55.2. The first-order valence-electron chi connectivity index (χ1n) is 34.7.